The maximum absolute atomic E-state index is 10.6. The van der Waals surface area contributed by atoms with E-state index in [0.717, 1.165) is 18.6 Å². The van der Waals surface area contributed by atoms with Crippen molar-refractivity contribution in [2.24, 2.45) is 0 Å². The summed E-state index contributed by atoms with van der Waals surface area (Å²) in [6.45, 7) is 0. The highest BCUT2D eigenvalue weighted by atomic mass is 32.2. The third-order valence-corrected chi connectivity index (χ3v) is 3.51. The lowest BCUT2D eigenvalue weighted by Crippen LogP contribution is -2.37. The zero-order valence-electron chi connectivity index (χ0n) is 7.23. The number of aliphatic carboxylic acids is 1. The number of thioether (sulfide) groups is 1. The predicted octanol–water partition coefficient (Wildman–Crippen LogP) is 0.471. The van der Waals surface area contributed by atoms with Crippen LogP contribution < -0.4 is 5.32 Å². The maximum Gasteiger partial charge on any atom is 0.326 e. The van der Waals surface area contributed by atoms with Crippen molar-refractivity contribution in [3.05, 3.63) is 0 Å². The van der Waals surface area contributed by atoms with Gasteiger partial charge in [0, 0.05) is 5.25 Å². The molecule has 2 unspecified atom stereocenters. The second-order valence-corrected chi connectivity index (χ2v) is 4.45. The van der Waals surface area contributed by atoms with Crippen LogP contribution in [-0.4, -0.2) is 34.5 Å². The molecule has 1 heterocycles. The van der Waals surface area contributed by atoms with Crippen LogP contribution in [0, 0.1) is 0 Å². The molecule has 1 aliphatic heterocycles. The first-order chi connectivity index (χ1) is 6.24. The van der Waals surface area contributed by atoms with Crippen molar-refractivity contribution >= 4 is 24.1 Å². The number of carboxylic acids is 1. The molecule has 0 spiro atoms. The molecule has 1 amide bonds. The van der Waals surface area contributed by atoms with Crippen molar-refractivity contribution < 1.29 is 14.7 Å². The Bertz CT molecular complexity index is 192. The van der Waals surface area contributed by atoms with E-state index in [2.05, 4.69) is 5.32 Å². The van der Waals surface area contributed by atoms with Gasteiger partial charge in [-0.1, -0.05) is 0 Å². The summed E-state index contributed by atoms with van der Waals surface area (Å²) >= 11 is 1.79. The minimum Gasteiger partial charge on any atom is -0.480 e. The van der Waals surface area contributed by atoms with Gasteiger partial charge in [0.25, 0.3) is 0 Å². The molecule has 0 radical (unpaired) electrons. The summed E-state index contributed by atoms with van der Waals surface area (Å²) < 4.78 is 0. The third kappa shape index (κ3) is 3.26. The summed E-state index contributed by atoms with van der Waals surface area (Å²) in [6.07, 6.45) is 3.22. The molecule has 1 aliphatic rings. The van der Waals surface area contributed by atoms with Crippen LogP contribution in [0.3, 0.4) is 0 Å². The standard InChI is InChI=1S/C8H13NO3S/c10-5-9-7(8(11)12)4-6-2-1-3-13-6/h5-7H,1-4H2,(H,9,10)(H,11,12). The predicted molar refractivity (Wildman–Crippen MR) is 50.7 cm³/mol. The van der Waals surface area contributed by atoms with E-state index in [9.17, 15) is 9.59 Å². The number of carbonyl (C=O) groups excluding carboxylic acids is 1. The minimum atomic E-state index is -0.945. The van der Waals surface area contributed by atoms with E-state index in [1.807, 2.05) is 0 Å². The second-order valence-electron chi connectivity index (χ2n) is 3.05. The number of hydrogen-bond acceptors (Lipinski definition) is 3. The number of nitrogens with one attached hydrogen (secondary N) is 1. The highest BCUT2D eigenvalue weighted by Crippen LogP contribution is 2.29. The highest BCUT2D eigenvalue weighted by Gasteiger charge is 2.24. The van der Waals surface area contributed by atoms with E-state index >= 15 is 0 Å². The highest BCUT2D eigenvalue weighted by molar-refractivity contribution is 8.00. The minimum absolute atomic E-state index is 0.397. The molecular weight excluding hydrogens is 190 g/mol. The normalized spacial score (nSPS) is 23.8. The van der Waals surface area contributed by atoms with Crippen molar-refractivity contribution in [3.8, 4) is 0 Å². The van der Waals surface area contributed by atoms with Gasteiger partial charge in [0.15, 0.2) is 0 Å². The molecule has 0 aromatic rings. The van der Waals surface area contributed by atoms with Gasteiger partial charge in [0.2, 0.25) is 6.41 Å². The van der Waals surface area contributed by atoms with E-state index in [1.165, 1.54) is 0 Å². The first-order valence-electron chi connectivity index (χ1n) is 4.28. The van der Waals surface area contributed by atoms with E-state index < -0.39 is 12.0 Å². The zero-order valence-corrected chi connectivity index (χ0v) is 8.05. The van der Waals surface area contributed by atoms with Crippen LogP contribution in [-0.2, 0) is 9.59 Å². The van der Waals surface area contributed by atoms with E-state index in [1.54, 1.807) is 11.8 Å². The summed E-state index contributed by atoms with van der Waals surface area (Å²) in [5.41, 5.74) is 0. The van der Waals surface area contributed by atoms with Crippen molar-refractivity contribution in [2.45, 2.75) is 30.6 Å². The van der Waals surface area contributed by atoms with E-state index in [0.29, 0.717) is 18.1 Å². The Kier molecular flexibility index (Phi) is 4.08. The summed E-state index contributed by atoms with van der Waals surface area (Å²) in [7, 11) is 0. The molecule has 13 heavy (non-hydrogen) atoms. The largest absolute Gasteiger partial charge is 0.480 e. The molecule has 2 atom stereocenters. The molecule has 1 fully saturated rings. The molecule has 0 aromatic heterocycles. The summed E-state index contributed by atoms with van der Waals surface area (Å²) in [6, 6.07) is -0.715. The number of amides is 1. The molecule has 4 nitrogen and oxygen atoms in total. The zero-order chi connectivity index (χ0) is 9.68. The average molecular weight is 203 g/mol. The van der Waals surface area contributed by atoms with Crippen LogP contribution in [0.15, 0.2) is 0 Å². The van der Waals surface area contributed by atoms with Gasteiger partial charge < -0.3 is 10.4 Å². The first-order valence-corrected chi connectivity index (χ1v) is 5.33. The molecule has 2 N–H and O–H groups in total. The summed E-state index contributed by atoms with van der Waals surface area (Å²) in [4.78, 5) is 20.8. The van der Waals surface area contributed by atoms with Gasteiger partial charge in [-0.05, 0) is 25.0 Å². The first kappa shape index (κ1) is 10.4. The molecule has 0 bridgehead atoms. The lowest BCUT2D eigenvalue weighted by Gasteiger charge is -2.14. The fourth-order valence-corrected chi connectivity index (χ4v) is 2.74. The van der Waals surface area contributed by atoms with E-state index in [4.69, 9.17) is 5.11 Å². The Hall–Kier alpha value is -0.710. The summed E-state index contributed by atoms with van der Waals surface area (Å²) in [5.74, 6) is 0.164. The summed E-state index contributed by atoms with van der Waals surface area (Å²) in [5, 5.41) is 11.4. The molecule has 0 aliphatic carbocycles. The topological polar surface area (TPSA) is 66.4 Å². The lowest BCUT2D eigenvalue weighted by atomic mass is 10.1. The second kappa shape index (κ2) is 5.11. The number of rotatable bonds is 5. The van der Waals surface area contributed by atoms with Gasteiger partial charge in [0.05, 0.1) is 0 Å². The SMILES string of the molecule is O=CNC(CC1CCCS1)C(=O)O. The Morgan fingerprint density at radius 3 is 3.00 bits per heavy atom. The van der Waals surface area contributed by atoms with Crippen molar-refractivity contribution in [3.63, 3.8) is 0 Å². The smallest absolute Gasteiger partial charge is 0.326 e. The van der Waals surface area contributed by atoms with Gasteiger partial charge in [-0.15, -0.1) is 0 Å². The molecule has 74 valence electrons. The van der Waals surface area contributed by atoms with Gasteiger partial charge in [-0.2, -0.15) is 11.8 Å². The van der Waals surface area contributed by atoms with E-state index in [-0.39, 0.29) is 0 Å². The van der Waals surface area contributed by atoms with Crippen LogP contribution in [0.5, 0.6) is 0 Å². The Morgan fingerprint density at radius 2 is 2.54 bits per heavy atom. The molecule has 5 heteroatoms. The molecule has 1 saturated heterocycles. The van der Waals surface area contributed by atoms with Gasteiger partial charge >= 0.3 is 5.97 Å². The Morgan fingerprint density at radius 1 is 1.77 bits per heavy atom. The monoisotopic (exact) mass is 203 g/mol. The van der Waals surface area contributed by atoms with Crippen molar-refractivity contribution in [2.75, 3.05) is 5.75 Å². The average Bonchev–Trinajstić information content (AvgIpc) is 2.56. The van der Waals surface area contributed by atoms with Gasteiger partial charge in [-0.25, -0.2) is 4.79 Å². The fourth-order valence-electron chi connectivity index (χ4n) is 1.42. The van der Waals surface area contributed by atoms with Gasteiger partial charge in [-0.3, -0.25) is 4.79 Å². The fraction of sp³-hybridized carbons (Fsp3) is 0.750. The number of hydrogen-bond donors (Lipinski definition) is 2. The molecule has 1 rings (SSSR count). The molecular formula is C8H13NO3S. The van der Waals surface area contributed by atoms with Crippen molar-refractivity contribution in [1.82, 2.24) is 5.32 Å². The lowest BCUT2D eigenvalue weighted by molar-refractivity contribution is -0.140. The third-order valence-electron chi connectivity index (χ3n) is 2.09. The van der Waals surface area contributed by atoms with Crippen LogP contribution in [0.4, 0.5) is 0 Å². The maximum atomic E-state index is 10.6. The number of carbonyl (C=O) groups is 2. The quantitative estimate of drug-likeness (QED) is 0.637. The Balaban J connectivity index is 2.36. The Labute approximate surface area is 81.1 Å². The molecule has 0 saturated carbocycles. The van der Waals surface area contributed by atoms with Crippen LogP contribution in [0.25, 0.3) is 0 Å². The molecule has 0 aromatic carbocycles. The van der Waals surface area contributed by atoms with Crippen LogP contribution in [0.2, 0.25) is 0 Å². The van der Waals surface area contributed by atoms with Crippen LogP contribution in [0.1, 0.15) is 19.3 Å². The van der Waals surface area contributed by atoms with Gasteiger partial charge in [0.1, 0.15) is 6.04 Å². The van der Waals surface area contributed by atoms with Crippen molar-refractivity contribution in [1.29, 1.82) is 0 Å². The van der Waals surface area contributed by atoms with Crippen LogP contribution >= 0.6 is 11.8 Å². The number of carboxylic acid groups (broad SMARTS) is 1.